The van der Waals surface area contributed by atoms with E-state index in [2.05, 4.69) is 98.6 Å². The molecule has 6 rings (SSSR count). The molecule has 0 aromatic heterocycles. The molecule has 4 aromatic rings. The van der Waals surface area contributed by atoms with Crippen molar-refractivity contribution >= 4 is 83.7 Å². The highest BCUT2D eigenvalue weighted by Crippen LogP contribution is 2.71. The van der Waals surface area contributed by atoms with Gasteiger partial charge < -0.3 is 4.74 Å². The monoisotopic (exact) mass is 698 g/mol. The standard InChI is InChI=1S/C30H21Br2ClN2O2S2/c1-2-37-28(36)27-34-35(24-7-5-6-23(33)18-24)30(38-27)26-9-4-3-8-25(26)29(39-30,19-10-14-21(31)15-11-19)20-12-16-22(32)17-13-20/h3-18H,2H2,1H3/t30-/m1/s1. The fraction of sp³-hybridized carbons (Fsp3) is 0.133. The van der Waals surface area contributed by atoms with E-state index in [1.807, 2.05) is 35.3 Å². The molecule has 39 heavy (non-hydrogen) atoms. The van der Waals surface area contributed by atoms with Crippen molar-refractivity contribution in [1.29, 1.82) is 0 Å². The molecule has 0 fully saturated rings. The van der Waals surface area contributed by atoms with Gasteiger partial charge in [-0.15, -0.1) is 0 Å². The van der Waals surface area contributed by atoms with Gasteiger partial charge in [0, 0.05) is 19.5 Å². The maximum atomic E-state index is 13.1. The molecule has 2 heterocycles. The predicted octanol–water partition coefficient (Wildman–Crippen LogP) is 9.14. The summed E-state index contributed by atoms with van der Waals surface area (Å²) >= 11 is 16.8. The summed E-state index contributed by atoms with van der Waals surface area (Å²) < 4.78 is 6.02. The number of rotatable bonds is 5. The number of halogens is 3. The van der Waals surface area contributed by atoms with Gasteiger partial charge in [-0.2, -0.15) is 5.10 Å². The second-order valence-electron chi connectivity index (χ2n) is 8.94. The van der Waals surface area contributed by atoms with Crippen LogP contribution in [-0.2, 0) is 18.5 Å². The molecule has 1 atom stereocenters. The molecule has 0 unspecified atom stereocenters. The van der Waals surface area contributed by atoms with Gasteiger partial charge in [0.2, 0.25) is 5.04 Å². The molecule has 2 aliphatic rings. The number of esters is 1. The van der Waals surface area contributed by atoms with E-state index in [0.717, 1.165) is 36.9 Å². The highest BCUT2D eigenvalue weighted by Gasteiger charge is 2.62. The lowest BCUT2D eigenvalue weighted by Gasteiger charge is -2.37. The molecule has 1 spiro atoms. The Morgan fingerprint density at radius 3 is 2.10 bits per heavy atom. The van der Waals surface area contributed by atoms with Crippen LogP contribution in [0.15, 0.2) is 111 Å². The average molecular weight is 701 g/mol. The fourth-order valence-electron chi connectivity index (χ4n) is 5.04. The number of nitrogens with zero attached hydrogens (tertiary/aromatic N) is 2. The van der Waals surface area contributed by atoms with Crippen LogP contribution in [0.25, 0.3) is 0 Å². The van der Waals surface area contributed by atoms with Gasteiger partial charge in [-0.25, -0.2) is 9.80 Å². The van der Waals surface area contributed by atoms with E-state index >= 15 is 0 Å². The van der Waals surface area contributed by atoms with Crippen LogP contribution in [0.5, 0.6) is 0 Å². The predicted molar refractivity (Wildman–Crippen MR) is 169 cm³/mol. The van der Waals surface area contributed by atoms with Crippen LogP contribution in [0.1, 0.15) is 29.2 Å². The summed E-state index contributed by atoms with van der Waals surface area (Å²) in [5.41, 5.74) is 5.24. The first-order valence-corrected chi connectivity index (χ1v) is 15.8. The summed E-state index contributed by atoms with van der Waals surface area (Å²) in [6.07, 6.45) is 0. The first-order chi connectivity index (χ1) is 18.9. The lowest BCUT2D eigenvalue weighted by molar-refractivity contribution is -0.134. The van der Waals surface area contributed by atoms with Crippen LogP contribution in [0.2, 0.25) is 5.02 Å². The second kappa shape index (κ2) is 10.6. The van der Waals surface area contributed by atoms with Crippen LogP contribution in [0.3, 0.4) is 0 Å². The Morgan fingerprint density at radius 2 is 1.51 bits per heavy atom. The Labute approximate surface area is 257 Å². The number of carbonyl (C=O) groups excluding carboxylic acids is 1. The quantitative estimate of drug-likeness (QED) is 0.194. The summed E-state index contributed by atoms with van der Waals surface area (Å²) in [7, 11) is 0. The van der Waals surface area contributed by atoms with Gasteiger partial charge in [0.15, 0.2) is 4.20 Å². The SMILES string of the molecule is CCOC(=O)C1=NN(c2cccc(Cl)c2)[C@]2(S1)SC(c1ccc(Br)cc1)(c1ccc(Br)cc1)c1ccccc12. The van der Waals surface area contributed by atoms with E-state index in [4.69, 9.17) is 21.4 Å². The number of carbonyl (C=O) groups is 1. The van der Waals surface area contributed by atoms with Crippen molar-refractivity contribution in [2.24, 2.45) is 5.10 Å². The third-order valence-corrected chi connectivity index (χ3v) is 11.2. The van der Waals surface area contributed by atoms with Crippen molar-refractivity contribution in [3.05, 3.63) is 133 Å². The average Bonchev–Trinajstić information content (AvgIpc) is 3.47. The Bertz CT molecular complexity index is 1550. The fourth-order valence-corrected chi connectivity index (χ4v) is 9.31. The topological polar surface area (TPSA) is 41.9 Å². The number of hydrogen-bond donors (Lipinski definition) is 0. The van der Waals surface area contributed by atoms with Gasteiger partial charge in [-0.05, 0) is 66.1 Å². The van der Waals surface area contributed by atoms with Crippen molar-refractivity contribution in [2.75, 3.05) is 11.6 Å². The molecule has 0 bridgehead atoms. The summed E-state index contributed by atoms with van der Waals surface area (Å²) in [5.74, 6) is -0.436. The third-order valence-electron chi connectivity index (χ3n) is 6.65. The van der Waals surface area contributed by atoms with Crippen molar-refractivity contribution in [2.45, 2.75) is 15.9 Å². The minimum atomic E-state index is -0.802. The molecule has 2 aliphatic heterocycles. The smallest absolute Gasteiger partial charge is 0.365 e. The van der Waals surface area contributed by atoms with Crippen molar-refractivity contribution in [3.63, 3.8) is 0 Å². The van der Waals surface area contributed by atoms with Crippen molar-refractivity contribution in [3.8, 4) is 0 Å². The van der Waals surface area contributed by atoms with Crippen LogP contribution >= 0.6 is 67.0 Å². The number of thioether (sulfide) groups is 2. The Hall–Kier alpha value is -2.23. The number of anilines is 1. The first-order valence-electron chi connectivity index (χ1n) is 12.2. The van der Waals surface area contributed by atoms with E-state index in [1.54, 1.807) is 18.7 Å². The lowest BCUT2D eigenvalue weighted by Crippen LogP contribution is -2.34. The highest BCUT2D eigenvalue weighted by molar-refractivity contribution is 9.10. The van der Waals surface area contributed by atoms with Crippen molar-refractivity contribution in [1.82, 2.24) is 0 Å². The lowest BCUT2D eigenvalue weighted by atomic mass is 9.82. The molecule has 0 saturated carbocycles. The maximum Gasteiger partial charge on any atom is 0.365 e. The molecule has 196 valence electrons. The van der Waals surface area contributed by atoms with Gasteiger partial charge in [0.25, 0.3) is 0 Å². The Kier molecular flexibility index (Phi) is 7.35. The molecule has 4 aromatic carbocycles. The Balaban J connectivity index is 1.63. The molecule has 9 heteroatoms. The number of ether oxygens (including phenoxy) is 1. The number of hydrazone groups is 1. The van der Waals surface area contributed by atoms with Gasteiger partial charge in [0.1, 0.15) is 0 Å². The molecular formula is C30H21Br2ClN2O2S2. The minimum Gasteiger partial charge on any atom is -0.461 e. The van der Waals surface area contributed by atoms with Gasteiger partial charge in [0.05, 0.1) is 17.0 Å². The van der Waals surface area contributed by atoms with E-state index in [-0.39, 0.29) is 6.61 Å². The van der Waals surface area contributed by atoms with Gasteiger partial charge in [-0.3, -0.25) is 0 Å². The molecule has 0 aliphatic carbocycles. The normalized spacial score (nSPS) is 19.2. The molecule has 0 amide bonds. The maximum absolute atomic E-state index is 13.1. The number of fused-ring (bicyclic) bond motifs is 2. The third kappa shape index (κ3) is 4.54. The number of hydrogen-bond acceptors (Lipinski definition) is 6. The van der Waals surface area contributed by atoms with E-state index < -0.39 is 14.9 Å². The van der Waals surface area contributed by atoms with E-state index in [9.17, 15) is 4.79 Å². The molecule has 0 radical (unpaired) electrons. The summed E-state index contributed by atoms with van der Waals surface area (Å²) in [6.45, 7) is 2.07. The van der Waals surface area contributed by atoms with Crippen LogP contribution in [-0.4, -0.2) is 17.6 Å². The Morgan fingerprint density at radius 1 is 0.897 bits per heavy atom. The first kappa shape index (κ1) is 27.0. The molecule has 0 N–H and O–H groups in total. The van der Waals surface area contributed by atoms with Crippen LogP contribution in [0, 0.1) is 0 Å². The zero-order valence-corrected chi connectivity index (χ0v) is 26.2. The molecular weight excluding hydrogens is 680 g/mol. The molecule has 0 saturated heterocycles. The van der Waals surface area contributed by atoms with Crippen LogP contribution < -0.4 is 5.01 Å². The van der Waals surface area contributed by atoms with E-state index in [0.29, 0.717) is 10.1 Å². The number of benzene rings is 4. The van der Waals surface area contributed by atoms with Gasteiger partial charge in [-0.1, -0.05) is 122 Å². The van der Waals surface area contributed by atoms with Crippen molar-refractivity contribution < 1.29 is 9.53 Å². The zero-order valence-electron chi connectivity index (χ0n) is 20.6. The van der Waals surface area contributed by atoms with E-state index in [1.165, 1.54) is 11.8 Å². The highest BCUT2D eigenvalue weighted by atomic mass is 79.9. The second-order valence-corrected chi connectivity index (χ2v) is 14.1. The summed E-state index contributed by atoms with van der Waals surface area (Å²) in [5, 5.41) is 7.71. The summed E-state index contributed by atoms with van der Waals surface area (Å²) in [4.78, 5) is 13.1. The minimum absolute atomic E-state index is 0.272. The molecule has 4 nitrogen and oxygen atoms in total. The zero-order chi connectivity index (χ0) is 27.2. The van der Waals surface area contributed by atoms with Gasteiger partial charge >= 0.3 is 5.97 Å². The summed E-state index contributed by atoms with van der Waals surface area (Å²) in [6, 6.07) is 32.9. The largest absolute Gasteiger partial charge is 0.461 e. The van der Waals surface area contributed by atoms with Crippen LogP contribution in [0.4, 0.5) is 5.69 Å².